The molecule has 87 heavy (non-hydrogen) atoms. The number of para-hydroxylation sites is 2. The molecular formula is C82H65BN2O2. The van der Waals surface area contributed by atoms with Gasteiger partial charge in [-0.25, -0.2) is 0 Å². The molecule has 4 nitrogen and oxygen atoms in total. The number of benzene rings is 12. The summed E-state index contributed by atoms with van der Waals surface area (Å²) in [6, 6.07) is 99.0. The van der Waals surface area contributed by atoms with E-state index >= 15 is 0 Å². The number of nitrogens with zero attached hydrogens (tertiary/aromatic N) is 2. The Morgan fingerprint density at radius 3 is 1.28 bits per heavy atom. The molecule has 1 aliphatic carbocycles. The van der Waals surface area contributed by atoms with E-state index in [-0.39, 0.29) is 5.41 Å². The van der Waals surface area contributed by atoms with Crippen molar-refractivity contribution in [2.24, 2.45) is 0 Å². The average molecular weight is 1120 g/mol. The monoisotopic (exact) mass is 1120 g/mol. The van der Waals surface area contributed by atoms with Crippen molar-refractivity contribution in [1.82, 2.24) is 9.13 Å². The molecule has 3 heterocycles. The summed E-state index contributed by atoms with van der Waals surface area (Å²) < 4.78 is 18.2. The van der Waals surface area contributed by atoms with Gasteiger partial charge in [0, 0.05) is 38.3 Å². The highest BCUT2D eigenvalue weighted by Gasteiger charge is 2.51. The molecule has 0 N–H and O–H groups in total. The van der Waals surface area contributed by atoms with Crippen LogP contribution in [0.4, 0.5) is 0 Å². The quantitative estimate of drug-likeness (QED) is 0.135. The summed E-state index contributed by atoms with van der Waals surface area (Å²) in [5, 5.41) is 4.94. The fourth-order valence-corrected chi connectivity index (χ4v) is 14.5. The Morgan fingerprint density at radius 2 is 0.701 bits per heavy atom. The third kappa shape index (κ3) is 8.28. The predicted octanol–water partition coefficient (Wildman–Crippen LogP) is 20.8. The first kappa shape index (κ1) is 52.8. The lowest BCUT2D eigenvalue weighted by Gasteiger charge is -2.32. The molecule has 2 aromatic heterocycles. The summed E-state index contributed by atoms with van der Waals surface area (Å²) in [6.07, 6.45) is 0. The Bertz CT molecular complexity index is 5020. The molecule has 12 aromatic carbocycles. The van der Waals surface area contributed by atoms with E-state index in [0.29, 0.717) is 0 Å². The van der Waals surface area contributed by atoms with Crippen LogP contribution in [-0.2, 0) is 14.7 Å². The van der Waals surface area contributed by atoms with Gasteiger partial charge >= 0.3 is 7.12 Å². The SMILES string of the molecule is Cc1c(-c2ccccc2)c(-c2ccccc2)c(-c2ccc(-n3c4ccc(-c5ccc6c(c5)c5ccccc5n6-c5ccccc5)cc4c4cc5c(cc43)C(C)(C)c3ccccc3-5)cc2)c(-c2ccc(B3OC(C)(C)C(C)(C)O3)cc2)c1-c1ccccc1. The van der Waals surface area contributed by atoms with E-state index < -0.39 is 18.3 Å². The molecule has 2 aliphatic rings. The third-order valence-corrected chi connectivity index (χ3v) is 19.6. The lowest BCUT2D eigenvalue weighted by molar-refractivity contribution is 0.00578. The van der Waals surface area contributed by atoms with Crippen LogP contribution in [-0.4, -0.2) is 27.5 Å². The van der Waals surface area contributed by atoms with Gasteiger partial charge < -0.3 is 18.4 Å². The molecule has 14 aromatic rings. The van der Waals surface area contributed by atoms with E-state index in [1.54, 1.807) is 0 Å². The molecule has 0 bridgehead atoms. The summed E-state index contributed by atoms with van der Waals surface area (Å²) in [4.78, 5) is 0. The molecule has 0 amide bonds. The van der Waals surface area contributed by atoms with E-state index in [2.05, 4.69) is 325 Å². The van der Waals surface area contributed by atoms with Crippen molar-refractivity contribution in [3.8, 4) is 89.3 Å². The first-order chi connectivity index (χ1) is 42.3. The summed E-state index contributed by atoms with van der Waals surface area (Å²) >= 11 is 0. The molecule has 1 saturated heterocycles. The average Bonchev–Trinajstić information content (AvgIpc) is 1.72. The van der Waals surface area contributed by atoms with Crippen molar-refractivity contribution < 1.29 is 9.31 Å². The molecule has 0 saturated carbocycles. The van der Waals surface area contributed by atoms with Gasteiger partial charge in [0.25, 0.3) is 0 Å². The van der Waals surface area contributed by atoms with E-state index in [0.717, 1.165) is 39.1 Å². The molecule has 1 fully saturated rings. The van der Waals surface area contributed by atoms with Crippen LogP contribution in [0.1, 0.15) is 58.2 Å². The van der Waals surface area contributed by atoms with Crippen LogP contribution < -0.4 is 5.46 Å². The van der Waals surface area contributed by atoms with Crippen LogP contribution in [0.2, 0.25) is 0 Å². The largest absolute Gasteiger partial charge is 0.494 e. The van der Waals surface area contributed by atoms with Gasteiger partial charge in [0.15, 0.2) is 0 Å². The van der Waals surface area contributed by atoms with Crippen molar-refractivity contribution in [3.63, 3.8) is 0 Å². The van der Waals surface area contributed by atoms with E-state index in [1.165, 1.54) is 116 Å². The molecule has 16 rings (SSSR count). The topological polar surface area (TPSA) is 28.3 Å². The Labute approximate surface area is 509 Å². The first-order valence-electron chi connectivity index (χ1n) is 30.6. The van der Waals surface area contributed by atoms with Crippen LogP contribution in [0.15, 0.2) is 267 Å². The van der Waals surface area contributed by atoms with Crippen molar-refractivity contribution in [2.45, 2.75) is 65.1 Å². The Hall–Kier alpha value is -9.78. The Morgan fingerprint density at radius 1 is 0.299 bits per heavy atom. The molecule has 0 atom stereocenters. The molecule has 1 aliphatic heterocycles. The van der Waals surface area contributed by atoms with Gasteiger partial charge in [0.1, 0.15) is 0 Å². The van der Waals surface area contributed by atoms with Gasteiger partial charge in [0.2, 0.25) is 0 Å². The third-order valence-electron chi connectivity index (χ3n) is 19.6. The standard InChI is InChI=1S/C82H65BN2O2/c1-52-75(53-24-12-8-13-25-53)77(55-28-16-10-17-29-55)79(78(76(52)54-26-14-9-15-27-54)56-36-42-60(43-37-56)83-86-81(4,5)82(6,7)87-83)57-38-44-62(45-39-57)85-73-47-41-59(49-67(73)68-50-65-63-32-20-22-34-69(63)80(2,3)70(65)51-74(68)85)58-40-46-72-66(48-58)64-33-21-23-35-71(64)84(72)61-30-18-11-19-31-61/h8-51H,1-7H3. The molecular weight excluding hydrogens is 1060 g/mol. The second-order valence-corrected chi connectivity index (χ2v) is 25.4. The normalized spacial score (nSPS) is 14.8. The van der Waals surface area contributed by atoms with Crippen molar-refractivity contribution in [3.05, 3.63) is 284 Å². The maximum atomic E-state index is 6.63. The maximum Gasteiger partial charge on any atom is 0.494 e. The number of hydrogen-bond acceptors (Lipinski definition) is 2. The van der Waals surface area contributed by atoms with Crippen molar-refractivity contribution >= 4 is 56.2 Å². The van der Waals surface area contributed by atoms with Crippen LogP contribution >= 0.6 is 0 Å². The molecule has 0 radical (unpaired) electrons. The number of rotatable bonds is 9. The van der Waals surface area contributed by atoms with Crippen LogP contribution in [0.3, 0.4) is 0 Å². The molecule has 5 heteroatoms. The predicted molar refractivity (Wildman–Crippen MR) is 366 cm³/mol. The fourth-order valence-electron chi connectivity index (χ4n) is 14.5. The van der Waals surface area contributed by atoms with Gasteiger partial charge in [-0.05, 0) is 201 Å². The van der Waals surface area contributed by atoms with Crippen LogP contribution in [0.5, 0.6) is 0 Å². The van der Waals surface area contributed by atoms with Gasteiger partial charge in [-0.1, -0.05) is 214 Å². The van der Waals surface area contributed by atoms with E-state index in [9.17, 15) is 0 Å². The summed E-state index contributed by atoms with van der Waals surface area (Å²) in [5.41, 5.74) is 27.5. The van der Waals surface area contributed by atoms with Crippen LogP contribution in [0, 0.1) is 6.92 Å². The van der Waals surface area contributed by atoms with Crippen LogP contribution in [0.25, 0.3) is 133 Å². The summed E-state index contributed by atoms with van der Waals surface area (Å²) in [7, 11) is -0.481. The minimum Gasteiger partial charge on any atom is -0.399 e. The second kappa shape index (κ2) is 19.9. The summed E-state index contributed by atoms with van der Waals surface area (Å²) in [5.74, 6) is 0. The highest BCUT2D eigenvalue weighted by Crippen LogP contribution is 2.54. The van der Waals surface area contributed by atoms with E-state index in [4.69, 9.17) is 9.31 Å². The number of hydrogen-bond donors (Lipinski definition) is 0. The Kier molecular flexibility index (Phi) is 12.1. The minimum absolute atomic E-state index is 0.185. The van der Waals surface area contributed by atoms with Crippen molar-refractivity contribution in [1.29, 1.82) is 0 Å². The second-order valence-electron chi connectivity index (χ2n) is 25.4. The molecule has 0 unspecified atom stereocenters. The lowest BCUT2D eigenvalue weighted by Crippen LogP contribution is -2.41. The van der Waals surface area contributed by atoms with E-state index in [1.807, 2.05) is 0 Å². The summed E-state index contributed by atoms with van der Waals surface area (Å²) in [6.45, 7) is 15.6. The first-order valence-corrected chi connectivity index (χ1v) is 30.6. The zero-order valence-electron chi connectivity index (χ0n) is 50.2. The number of fused-ring (bicyclic) bond motifs is 9. The van der Waals surface area contributed by atoms with Gasteiger partial charge in [-0.2, -0.15) is 0 Å². The highest BCUT2D eigenvalue weighted by atomic mass is 16.7. The Balaban J connectivity index is 0.920. The van der Waals surface area contributed by atoms with Gasteiger partial charge in [-0.3, -0.25) is 0 Å². The lowest BCUT2D eigenvalue weighted by atomic mass is 9.74. The van der Waals surface area contributed by atoms with Gasteiger partial charge in [0.05, 0.1) is 33.3 Å². The van der Waals surface area contributed by atoms with Crippen molar-refractivity contribution in [2.75, 3.05) is 0 Å². The van der Waals surface area contributed by atoms with Gasteiger partial charge in [-0.15, -0.1) is 0 Å². The smallest absolute Gasteiger partial charge is 0.399 e. The number of aromatic nitrogens is 2. The zero-order chi connectivity index (χ0) is 58.9. The zero-order valence-corrected chi connectivity index (χ0v) is 50.2. The highest BCUT2D eigenvalue weighted by molar-refractivity contribution is 6.62. The fraction of sp³-hybridized carbons (Fsp3) is 0.122. The maximum absolute atomic E-state index is 6.63. The molecule has 0 spiro atoms. The minimum atomic E-state index is -0.481. The molecule has 418 valence electrons.